The van der Waals surface area contributed by atoms with E-state index in [1.807, 2.05) is 0 Å². The van der Waals surface area contributed by atoms with Gasteiger partial charge in [0.2, 0.25) is 5.91 Å². The number of rotatable bonds is 7. The standard InChI is InChI=1S/C14H14F2N4O2S2/c15-12(16)24-10-5-1-8(2-6-10)17-11(21)7-23-14-19-18-13(22)20(14)9-3-4-9/h1-2,5-6,9,12H,3-4,7H2,(H,17,21)(H,18,22). The number of halogens is 2. The molecular weight excluding hydrogens is 358 g/mol. The summed E-state index contributed by atoms with van der Waals surface area (Å²) in [7, 11) is 0. The third kappa shape index (κ3) is 4.38. The number of nitrogens with one attached hydrogen (secondary N) is 2. The summed E-state index contributed by atoms with van der Waals surface area (Å²) >= 11 is 1.63. The third-order valence-electron chi connectivity index (χ3n) is 3.28. The van der Waals surface area contributed by atoms with Crippen LogP contribution in [-0.2, 0) is 4.79 Å². The highest BCUT2D eigenvalue weighted by atomic mass is 32.2. The Bertz CT molecular complexity index is 772. The molecule has 1 fully saturated rings. The lowest BCUT2D eigenvalue weighted by Crippen LogP contribution is -2.17. The molecule has 10 heteroatoms. The number of benzene rings is 1. The van der Waals surface area contributed by atoms with Crippen LogP contribution in [0.2, 0.25) is 0 Å². The van der Waals surface area contributed by atoms with Gasteiger partial charge in [0.05, 0.1) is 5.75 Å². The summed E-state index contributed by atoms with van der Waals surface area (Å²) in [6.07, 6.45) is 1.89. The summed E-state index contributed by atoms with van der Waals surface area (Å²) in [5.41, 5.74) is 0.272. The molecule has 1 aliphatic rings. The molecule has 1 saturated carbocycles. The molecular formula is C14H14F2N4O2S2. The summed E-state index contributed by atoms with van der Waals surface area (Å²) in [6, 6.07) is 6.38. The summed E-state index contributed by atoms with van der Waals surface area (Å²) in [4.78, 5) is 24.0. The SMILES string of the molecule is O=C(CSc1n[nH]c(=O)n1C1CC1)Nc1ccc(SC(F)F)cc1. The molecule has 0 radical (unpaired) electrons. The van der Waals surface area contributed by atoms with Gasteiger partial charge in [-0.1, -0.05) is 23.5 Å². The number of H-pyrrole nitrogens is 1. The van der Waals surface area contributed by atoms with E-state index in [1.54, 1.807) is 16.7 Å². The van der Waals surface area contributed by atoms with E-state index in [4.69, 9.17) is 0 Å². The van der Waals surface area contributed by atoms with Crippen molar-refractivity contribution in [2.24, 2.45) is 0 Å². The quantitative estimate of drug-likeness (QED) is 0.731. The van der Waals surface area contributed by atoms with Gasteiger partial charge in [0, 0.05) is 16.6 Å². The second kappa shape index (κ2) is 7.39. The van der Waals surface area contributed by atoms with Crippen molar-refractivity contribution in [3.05, 3.63) is 34.7 Å². The molecule has 1 aromatic carbocycles. The van der Waals surface area contributed by atoms with Crippen LogP contribution in [0.25, 0.3) is 0 Å². The van der Waals surface area contributed by atoms with E-state index in [1.165, 1.54) is 23.9 Å². The monoisotopic (exact) mass is 372 g/mol. The number of amides is 1. The first-order valence-corrected chi connectivity index (χ1v) is 9.04. The minimum absolute atomic E-state index is 0.102. The van der Waals surface area contributed by atoms with Crippen molar-refractivity contribution in [1.82, 2.24) is 14.8 Å². The van der Waals surface area contributed by atoms with E-state index >= 15 is 0 Å². The van der Waals surface area contributed by atoms with E-state index in [2.05, 4.69) is 15.5 Å². The number of alkyl halides is 2. The Kier molecular flexibility index (Phi) is 5.24. The number of hydrogen-bond donors (Lipinski definition) is 2. The molecule has 128 valence electrons. The zero-order valence-electron chi connectivity index (χ0n) is 12.4. The minimum Gasteiger partial charge on any atom is -0.325 e. The zero-order valence-corrected chi connectivity index (χ0v) is 14.0. The maximum Gasteiger partial charge on any atom is 0.344 e. The second-order valence-corrected chi connectivity index (χ2v) is 7.16. The number of carbonyl (C=O) groups excluding carboxylic acids is 1. The second-order valence-electron chi connectivity index (χ2n) is 5.15. The molecule has 1 heterocycles. The summed E-state index contributed by atoms with van der Waals surface area (Å²) in [5, 5.41) is 9.51. The number of hydrogen-bond acceptors (Lipinski definition) is 5. The van der Waals surface area contributed by atoms with E-state index in [0.29, 0.717) is 27.5 Å². The van der Waals surface area contributed by atoms with Crippen molar-refractivity contribution in [3.63, 3.8) is 0 Å². The topological polar surface area (TPSA) is 79.8 Å². The van der Waals surface area contributed by atoms with Crippen molar-refractivity contribution in [2.75, 3.05) is 11.1 Å². The molecule has 1 aliphatic carbocycles. The smallest absolute Gasteiger partial charge is 0.325 e. The van der Waals surface area contributed by atoms with Gasteiger partial charge in [0.1, 0.15) is 0 Å². The highest BCUT2D eigenvalue weighted by Gasteiger charge is 2.28. The highest BCUT2D eigenvalue weighted by Crippen LogP contribution is 2.36. The van der Waals surface area contributed by atoms with Gasteiger partial charge in [-0.15, -0.1) is 5.10 Å². The molecule has 0 aliphatic heterocycles. The maximum absolute atomic E-state index is 12.2. The van der Waals surface area contributed by atoms with Gasteiger partial charge in [0.25, 0.3) is 5.76 Å². The average Bonchev–Trinajstić information content (AvgIpc) is 3.30. The normalized spacial score (nSPS) is 14.1. The minimum atomic E-state index is -2.47. The van der Waals surface area contributed by atoms with Gasteiger partial charge in [-0.25, -0.2) is 9.89 Å². The summed E-state index contributed by atoms with van der Waals surface area (Å²) in [5.74, 6) is -2.63. The van der Waals surface area contributed by atoms with Gasteiger partial charge in [-0.05, 0) is 37.1 Å². The van der Waals surface area contributed by atoms with Gasteiger partial charge in [0.15, 0.2) is 5.16 Å². The molecule has 0 atom stereocenters. The molecule has 0 unspecified atom stereocenters. The number of nitrogens with zero attached hydrogens (tertiary/aromatic N) is 2. The lowest BCUT2D eigenvalue weighted by atomic mass is 10.3. The first kappa shape index (κ1) is 17.0. The van der Waals surface area contributed by atoms with E-state index in [-0.39, 0.29) is 23.4 Å². The van der Waals surface area contributed by atoms with Crippen LogP contribution in [0.3, 0.4) is 0 Å². The Morgan fingerprint density at radius 3 is 2.71 bits per heavy atom. The zero-order chi connectivity index (χ0) is 17.1. The Balaban J connectivity index is 1.53. The summed E-state index contributed by atoms with van der Waals surface area (Å²) in [6.45, 7) is 0. The largest absolute Gasteiger partial charge is 0.344 e. The number of anilines is 1. The van der Waals surface area contributed by atoms with E-state index in [0.717, 1.165) is 12.8 Å². The van der Waals surface area contributed by atoms with Crippen molar-refractivity contribution >= 4 is 35.1 Å². The fourth-order valence-electron chi connectivity index (χ4n) is 2.09. The fourth-order valence-corrected chi connectivity index (χ4v) is 3.41. The molecule has 1 aromatic heterocycles. The third-order valence-corrected chi connectivity index (χ3v) is 4.95. The number of carbonyl (C=O) groups is 1. The lowest BCUT2D eigenvalue weighted by molar-refractivity contribution is -0.113. The Morgan fingerprint density at radius 2 is 2.08 bits per heavy atom. The van der Waals surface area contributed by atoms with E-state index in [9.17, 15) is 18.4 Å². The Hall–Kier alpha value is -1.81. The van der Waals surface area contributed by atoms with E-state index < -0.39 is 5.76 Å². The molecule has 3 rings (SSSR count). The van der Waals surface area contributed by atoms with Crippen LogP contribution in [0.5, 0.6) is 0 Å². The van der Waals surface area contributed by atoms with Crippen LogP contribution in [-0.4, -0.2) is 32.2 Å². The fraction of sp³-hybridized carbons (Fsp3) is 0.357. The summed E-state index contributed by atoms with van der Waals surface area (Å²) < 4.78 is 26.1. The molecule has 0 bridgehead atoms. The number of thioether (sulfide) groups is 2. The van der Waals surface area contributed by atoms with Crippen LogP contribution >= 0.6 is 23.5 Å². The maximum atomic E-state index is 12.2. The number of aromatic nitrogens is 3. The first-order chi connectivity index (χ1) is 11.5. The predicted molar refractivity (Wildman–Crippen MR) is 88.8 cm³/mol. The van der Waals surface area contributed by atoms with Gasteiger partial charge in [-0.3, -0.25) is 9.36 Å². The highest BCUT2D eigenvalue weighted by molar-refractivity contribution is 8.00. The Morgan fingerprint density at radius 1 is 1.38 bits per heavy atom. The van der Waals surface area contributed by atoms with Crippen LogP contribution < -0.4 is 11.0 Å². The van der Waals surface area contributed by atoms with Crippen LogP contribution in [0.1, 0.15) is 18.9 Å². The van der Waals surface area contributed by atoms with Gasteiger partial charge in [-0.2, -0.15) is 8.78 Å². The van der Waals surface area contributed by atoms with Gasteiger partial charge < -0.3 is 5.32 Å². The lowest BCUT2D eigenvalue weighted by Gasteiger charge is -2.06. The van der Waals surface area contributed by atoms with Crippen LogP contribution in [0, 0.1) is 0 Å². The van der Waals surface area contributed by atoms with Crippen molar-refractivity contribution in [2.45, 2.75) is 34.7 Å². The molecule has 24 heavy (non-hydrogen) atoms. The van der Waals surface area contributed by atoms with Crippen molar-refractivity contribution in [3.8, 4) is 0 Å². The molecule has 2 N–H and O–H groups in total. The molecule has 2 aromatic rings. The predicted octanol–water partition coefficient (Wildman–Crippen LogP) is 2.95. The molecule has 0 spiro atoms. The van der Waals surface area contributed by atoms with Crippen molar-refractivity contribution in [1.29, 1.82) is 0 Å². The van der Waals surface area contributed by atoms with Gasteiger partial charge >= 0.3 is 5.69 Å². The van der Waals surface area contributed by atoms with Crippen molar-refractivity contribution < 1.29 is 13.6 Å². The number of aromatic amines is 1. The molecule has 0 saturated heterocycles. The molecule has 1 amide bonds. The molecule has 6 nitrogen and oxygen atoms in total. The Labute approximate surface area is 144 Å². The van der Waals surface area contributed by atoms with Crippen LogP contribution in [0.4, 0.5) is 14.5 Å². The first-order valence-electron chi connectivity index (χ1n) is 7.17. The van der Waals surface area contributed by atoms with Crippen LogP contribution in [0.15, 0.2) is 39.1 Å². The average molecular weight is 372 g/mol.